The Balaban J connectivity index is 2.11. The second kappa shape index (κ2) is 9.28. The summed E-state index contributed by atoms with van der Waals surface area (Å²) in [6.45, 7) is 4.37. The molecular weight excluding hydrogens is 352 g/mol. The molecule has 0 aromatic heterocycles. The van der Waals surface area contributed by atoms with E-state index in [0.717, 1.165) is 11.1 Å². The van der Waals surface area contributed by atoms with Gasteiger partial charge in [-0.2, -0.15) is 0 Å². The van der Waals surface area contributed by atoms with Gasteiger partial charge in [0, 0.05) is 25.8 Å². The van der Waals surface area contributed by atoms with Crippen molar-refractivity contribution in [1.82, 2.24) is 10.0 Å². The van der Waals surface area contributed by atoms with Crippen LogP contribution >= 0.6 is 0 Å². The van der Waals surface area contributed by atoms with Gasteiger partial charge in [-0.1, -0.05) is 36.4 Å². The van der Waals surface area contributed by atoms with E-state index in [4.69, 9.17) is 4.74 Å². The zero-order valence-electron chi connectivity index (χ0n) is 14.6. The van der Waals surface area contributed by atoms with Gasteiger partial charge in [-0.25, -0.2) is 13.1 Å². The van der Waals surface area contributed by atoms with Crippen molar-refractivity contribution in [3.8, 4) is 0 Å². The Morgan fingerprint density at radius 3 is 2.58 bits per heavy atom. The highest BCUT2D eigenvalue weighted by Gasteiger charge is 2.15. The quantitative estimate of drug-likeness (QED) is 0.659. The standard InChI is InChI=1S/C19H22N2O4S/c1-3-11-21-26(23,24)18-10-6-9-15(12-18)19(22)20-13-16-7-4-5-8-17(16)14-25-2/h3-10,12,21H,1,11,13-14H2,2H3,(H,20,22). The molecule has 1 amide bonds. The summed E-state index contributed by atoms with van der Waals surface area (Å²) in [5.41, 5.74) is 2.20. The molecule has 2 aromatic rings. The molecule has 2 rings (SSSR count). The van der Waals surface area contributed by atoms with Gasteiger partial charge in [0.25, 0.3) is 5.91 Å². The van der Waals surface area contributed by atoms with E-state index in [1.165, 1.54) is 24.3 Å². The maximum Gasteiger partial charge on any atom is 0.251 e. The van der Waals surface area contributed by atoms with Gasteiger partial charge in [0.05, 0.1) is 11.5 Å². The number of hydrogen-bond donors (Lipinski definition) is 2. The summed E-state index contributed by atoms with van der Waals surface area (Å²) in [5, 5.41) is 2.81. The van der Waals surface area contributed by atoms with Gasteiger partial charge in [-0.3, -0.25) is 4.79 Å². The van der Waals surface area contributed by atoms with Crippen molar-refractivity contribution in [3.05, 3.63) is 77.9 Å². The minimum Gasteiger partial charge on any atom is -0.380 e. The number of amides is 1. The number of ether oxygens (including phenoxy) is 1. The van der Waals surface area contributed by atoms with Gasteiger partial charge in [-0.15, -0.1) is 6.58 Å². The lowest BCUT2D eigenvalue weighted by Crippen LogP contribution is -2.26. The molecule has 6 nitrogen and oxygen atoms in total. The van der Waals surface area contributed by atoms with Crippen molar-refractivity contribution >= 4 is 15.9 Å². The average Bonchev–Trinajstić information content (AvgIpc) is 2.66. The number of rotatable bonds is 9. The lowest BCUT2D eigenvalue weighted by molar-refractivity contribution is 0.0950. The van der Waals surface area contributed by atoms with Crippen molar-refractivity contribution in [3.63, 3.8) is 0 Å². The fraction of sp³-hybridized carbons (Fsp3) is 0.211. The Morgan fingerprint density at radius 1 is 1.15 bits per heavy atom. The lowest BCUT2D eigenvalue weighted by Gasteiger charge is -2.11. The zero-order chi connectivity index (χ0) is 19.0. The number of nitrogens with one attached hydrogen (secondary N) is 2. The molecule has 7 heteroatoms. The van der Waals surface area contributed by atoms with E-state index in [1.807, 2.05) is 24.3 Å². The first kappa shape index (κ1) is 19.8. The number of carbonyl (C=O) groups excluding carboxylic acids is 1. The molecule has 0 heterocycles. The van der Waals surface area contributed by atoms with Crippen LogP contribution in [0.2, 0.25) is 0 Å². The van der Waals surface area contributed by atoms with Crippen LogP contribution in [0.3, 0.4) is 0 Å². The summed E-state index contributed by atoms with van der Waals surface area (Å²) in [6.07, 6.45) is 1.45. The second-order valence-corrected chi connectivity index (χ2v) is 7.32. The van der Waals surface area contributed by atoms with Crippen LogP contribution in [0.1, 0.15) is 21.5 Å². The fourth-order valence-electron chi connectivity index (χ4n) is 2.36. The molecule has 0 aliphatic rings. The first-order chi connectivity index (χ1) is 12.5. The smallest absolute Gasteiger partial charge is 0.251 e. The van der Waals surface area contributed by atoms with Crippen LogP contribution in [-0.4, -0.2) is 28.0 Å². The van der Waals surface area contributed by atoms with E-state index >= 15 is 0 Å². The molecule has 0 saturated carbocycles. The highest BCUT2D eigenvalue weighted by Crippen LogP contribution is 2.13. The summed E-state index contributed by atoms with van der Waals surface area (Å²) >= 11 is 0. The van der Waals surface area contributed by atoms with Crippen molar-refractivity contribution in [1.29, 1.82) is 0 Å². The largest absolute Gasteiger partial charge is 0.380 e. The van der Waals surface area contributed by atoms with Crippen molar-refractivity contribution in [2.45, 2.75) is 18.0 Å². The minimum absolute atomic E-state index is 0.0341. The van der Waals surface area contributed by atoms with E-state index in [0.29, 0.717) is 13.2 Å². The maximum absolute atomic E-state index is 12.4. The Labute approximate surface area is 153 Å². The summed E-state index contributed by atoms with van der Waals surface area (Å²) < 4.78 is 31.8. The van der Waals surface area contributed by atoms with Crippen LogP contribution in [-0.2, 0) is 27.9 Å². The van der Waals surface area contributed by atoms with Gasteiger partial charge in [0.2, 0.25) is 10.0 Å². The molecule has 0 saturated heterocycles. The van der Waals surface area contributed by atoms with Crippen molar-refractivity contribution < 1.29 is 17.9 Å². The molecule has 0 unspecified atom stereocenters. The summed E-state index contributed by atoms with van der Waals surface area (Å²) in [5.74, 6) is -0.349. The predicted molar refractivity (Wildman–Crippen MR) is 100 cm³/mol. The molecule has 2 N–H and O–H groups in total. The van der Waals surface area contributed by atoms with E-state index in [9.17, 15) is 13.2 Å². The number of hydrogen-bond acceptors (Lipinski definition) is 4. The summed E-state index contributed by atoms with van der Waals surface area (Å²) in [6, 6.07) is 13.5. The molecule has 2 aromatic carbocycles. The van der Waals surface area contributed by atoms with Crippen LogP contribution in [0, 0.1) is 0 Å². The first-order valence-corrected chi connectivity index (χ1v) is 9.51. The van der Waals surface area contributed by atoms with E-state index in [-0.39, 0.29) is 22.9 Å². The Bertz CT molecular complexity index is 879. The average molecular weight is 374 g/mol. The molecule has 0 aliphatic heterocycles. The molecule has 0 atom stereocenters. The Morgan fingerprint density at radius 2 is 1.88 bits per heavy atom. The molecule has 138 valence electrons. The van der Waals surface area contributed by atoms with Crippen LogP contribution in [0.25, 0.3) is 0 Å². The van der Waals surface area contributed by atoms with Gasteiger partial charge in [0.15, 0.2) is 0 Å². The monoisotopic (exact) mass is 374 g/mol. The molecule has 26 heavy (non-hydrogen) atoms. The van der Waals surface area contributed by atoms with Gasteiger partial charge >= 0.3 is 0 Å². The highest BCUT2D eigenvalue weighted by atomic mass is 32.2. The zero-order valence-corrected chi connectivity index (χ0v) is 15.4. The molecule has 0 fully saturated rings. The first-order valence-electron chi connectivity index (χ1n) is 8.02. The van der Waals surface area contributed by atoms with Gasteiger partial charge in [0.1, 0.15) is 0 Å². The summed E-state index contributed by atoms with van der Waals surface area (Å²) in [4.78, 5) is 12.4. The number of benzene rings is 2. The third-order valence-corrected chi connectivity index (χ3v) is 5.10. The van der Waals surface area contributed by atoms with Crippen LogP contribution in [0.4, 0.5) is 0 Å². The SMILES string of the molecule is C=CCNS(=O)(=O)c1cccc(C(=O)NCc2ccccc2COC)c1. The molecular formula is C19H22N2O4S. The minimum atomic E-state index is -3.68. The lowest BCUT2D eigenvalue weighted by atomic mass is 10.1. The molecule has 0 bridgehead atoms. The molecule has 0 aliphatic carbocycles. The van der Waals surface area contributed by atoms with Crippen LogP contribution in [0.5, 0.6) is 0 Å². The maximum atomic E-state index is 12.4. The number of methoxy groups -OCH3 is 1. The third-order valence-electron chi connectivity index (χ3n) is 3.68. The van der Waals surface area contributed by atoms with Crippen molar-refractivity contribution in [2.24, 2.45) is 0 Å². The second-order valence-electron chi connectivity index (χ2n) is 5.55. The fourth-order valence-corrected chi connectivity index (χ4v) is 3.40. The predicted octanol–water partition coefficient (Wildman–Crippen LogP) is 2.23. The summed E-state index contributed by atoms with van der Waals surface area (Å²) in [7, 11) is -2.06. The number of sulfonamides is 1. The van der Waals surface area contributed by atoms with E-state index in [2.05, 4.69) is 16.6 Å². The third kappa shape index (κ3) is 5.26. The van der Waals surface area contributed by atoms with Gasteiger partial charge in [-0.05, 0) is 29.3 Å². The van der Waals surface area contributed by atoms with Gasteiger partial charge < -0.3 is 10.1 Å². The molecule has 0 spiro atoms. The number of carbonyl (C=O) groups is 1. The molecule has 0 radical (unpaired) electrons. The Kier molecular flexibility index (Phi) is 7.08. The topological polar surface area (TPSA) is 84.5 Å². The van der Waals surface area contributed by atoms with E-state index < -0.39 is 10.0 Å². The Hall–Kier alpha value is -2.48. The van der Waals surface area contributed by atoms with Crippen molar-refractivity contribution in [2.75, 3.05) is 13.7 Å². The van der Waals surface area contributed by atoms with Crippen LogP contribution < -0.4 is 10.0 Å². The van der Waals surface area contributed by atoms with Crippen LogP contribution in [0.15, 0.2) is 66.1 Å². The van der Waals surface area contributed by atoms with E-state index in [1.54, 1.807) is 13.2 Å². The highest BCUT2D eigenvalue weighted by molar-refractivity contribution is 7.89. The normalized spacial score (nSPS) is 11.1.